The number of carbonyl (C=O) groups excluding carboxylic acids is 2. The zero-order valence-corrected chi connectivity index (χ0v) is 27.6. The molecule has 0 aliphatic carbocycles. The number of hydrogen-bond acceptors (Lipinski definition) is 12. The molecule has 3 rings (SSSR count). The Morgan fingerprint density at radius 2 is 1.93 bits per heavy atom. The Bertz CT molecular complexity index is 1410. The number of hydrogen-bond donors (Lipinski definition) is 3. The summed E-state index contributed by atoms with van der Waals surface area (Å²) in [7, 11) is -4.34. The maximum Gasteiger partial charge on any atom is 0.459 e. The third kappa shape index (κ3) is 10.2. The molecule has 2 unspecified atom stereocenters. The van der Waals surface area contributed by atoms with Crippen LogP contribution in [0.5, 0.6) is 5.75 Å². The van der Waals surface area contributed by atoms with E-state index in [9.17, 15) is 19.3 Å². The van der Waals surface area contributed by atoms with Crippen LogP contribution in [0.4, 0.5) is 5.82 Å². The molecule has 4 atom stereocenters. The third-order valence-corrected chi connectivity index (χ3v) is 8.85. The Labute approximate surface area is 263 Å². The number of esters is 1. The summed E-state index contributed by atoms with van der Waals surface area (Å²) in [5, 5.41) is 13.8. The molecule has 0 spiro atoms. The van der Waals surface area contributed by atoms with Crippen molar-refractivity contribution in [2.45, 2.75) is 77.5 Å². The minimum atomic E-state index is -4.34. The van der Waals surface area contributed by atoms with Crippen molar-refractivity contribution in [1.82, 2.24) is 24.6 Å². The van der Waals surface area contributed by atoms with Crippen LogP contribution in [0.1, 0.15) is 47.0 Å². The second-order valence-electron chi connectivity index (χ2n) is 10.2. The van der Waals surface area contributed by atoms with Crippen molar-refractivity contribution in [3.63, 3.8) is 0 Å². The van der Waals surface area contributed by atoms with E-state index in [1.54, 1.807) is 62.6 Å². The quantitative estimate of drug-likeness (QED) is 0.0742. The van der Waals surface area contributed by atoms with Crippen molar-refractivity contribution in [2.24, 2.45) is 0 Å². The molecule has 0 aliphatic rings. The standard InChI is InChI=1S/C27H38IN6O8P/c1-5-27(4,37)22(39-17-34-16-32-23-24(29)30-15-31-25(23)34)14-40-43(38,42-20-9-7-6-8-10-20)33-21(12-11-19(35)13-28)26(36)41-18(2)3/h6-10,15-16,18,21-22,37H,5,11-14,17H2,1-4H3,(H,33,38)(H2,29,30,31)/t21-,22+,27?,43?/m0/s1. The van der Waals surface area contributed by atoms with Gasteiger partial charge in [0.2, 0.25) is 0 Å². The number of rotatable bonds is 18. The number of halogens is 1. The van der Waals surface area contributed by atoms with Crippen LogP contribution in [-0.4, -0.2) is 71.3 Å². The summed E-state index contributed by atoms with van der Waals surface area (Å²) in [6.45, 7) is 6.18. The zero-order valence-electron chi connectivity index (χ0n) is 24.5. The van der Waals surface area contributed by atoms with Crippen LogP contribution in [0, 0.1) is 0 Å². The number of imidazole rings is 1. The van der Waals surface area contributed by atoms with Crippen LogP contribution in [0.25, 0.3) is 11.2 Å². The van der Waals surface area contributed by atoms with E-state index >= 15 is 0 Å². The van der Waals surface area contributed by atoms with E-state index in [2.05, 4.69) is 20.0 Å². The molecule has 0 fully saturated rings. The fraction of sp³-hybridized carbons (Fsp3) is 0.519. The van der Waals surface area contributed by atoms with Crippen molar-refractivity contribution in [1.29, 1.82) is 0 Å². The molecule has 0 bridgehead atoms. The molecule has 0 aliphatic heterocycles. The topological polar surface area (TPSA) is 190 Å². The van der Waals surface area contributed by atoms with Gasteiger partial charge in [-0.2, -0.15) is 5.09 Å². The van der Waals surface area contributed by atoms with E-state index in [0.29, 0.717) is 11.2 Å². The van der Waals surface area contributed by atoms with Gasteiger partial charge in [-0.15, -0.1) is 0 Å². The molecule has 0 amide bonds. The van der Waals surface area contributed by atoms with Crippen molar-refractivity contribution >= 4 is 59.1 Å². The lowest BCUT2D eigenvalue weighted by atomic mass is 9.97. The molecule has 14 nitrogen and oxygen atoms in total. The first-order valence-corrected chi connectivity index (χ1v) is 16.7. The van der Waals surface area contributed by atoms with E-state index in [4.69, 9.17) is 24.3 Å². The van der Waals surface area contributed by atoms with Gasteiger partial charge < -0.3 is 24.8 Å². The summed E-state index contributed by atoms with van der Waals surface area (Å²) in [6.07, 6.45) is 1.61. The highest BCUT2D eigenvalue weighted by molar-refractivity contribution is 14.1. The molecule has 4 N–H and O–H groups in total. The maximum absolute atomic E-state index is 14.2. The number of nitrogens with one attached hydrogen (secondary N) is 1. The summed E-state index contributed by atoms with van der Waals surface area (Å²) in [4.78, 5) is 37.4. The normalized spacial score (nSPS) is 15.9. The fourth-order valence-corrected chi connectivity index (χ4v) is 5.70. The van der Waals surface area contributed by atoms with Gasteiger partial charge >= 0.3 is 13.7 Å². The van der Waals surface area contributed by atoms with Gasteiger partial charge in [-0.3, -0.25) is 18.7 Å². The number of alkyl halides is 1. The molecule has 43 heavy (non-hydrogen) atoms. The number of benzene rings is 1. The van der Waals surface area contributed by atoms with Crippen molar-refractivity contribution in [2.75, 3.05) is 16.8 Å². The van der Waals surface area contributed by atoms with Crippen LogP contribution < -0.4 is 15.3 Å². The zero-order chi connectivity index (χ0) is 31.6. The number of ketones is 1. The molecule has 1 aromatic carbocycles. The minimum Gasteiger partial charge on any atom is -0.462 e. The van der Waals surface area contributed by atoms with E-state index in [0.717, 1.165) is 0 Å². The highest BCUT2D eigenvalue weighted by Crippen LogP contribution is 2.46. The van der Waals surface area contributed by atoms with Crippen molar-refractivity contribution < 1.29 is 37.8 Å². The monoisotopic (exact) mass is 732 g/mol. The number of para-hydroxylation sites is 1. The van der Waals surface area contributed by atoms with Gasteiger partial charge in [0.25, 0.3) is 0 Å². The lowest BCUT2D eigenvalue weighted by Crippen LogP contribution is -2.45. The number of aromatic nitrogens is 4. The number of fused-ring (bicyclic) bond motifs is 1. The van der Waals surface area contributed by atoms with Crippen LogP contribution in [0.2, 0.25) is 0 Å². The molecule has 0 saturated heterocycles. The minimum absolute atomic E-state index is 0.00415. The molecule has 236 valence electrons. The number of nitrogens with two attached hydrogens (primary N) is 1. The fourth-order valence-electron chi connectivity index (χ4n) is 3.79. The summed E-state index contributed by atoms with van der Waals surface area (Å²) < 4.78 is 39.1. The Morgan fingerprint density at radius 3 is 2.58 bits per heavy atom. The van der Waals surface area contributed by atoms with Gasteiger partial charge in [0.05, 0.1) is 29.1 Å². The molecular weight excluding hydrogens is 694 g/mol. The average molecular weight is 733 g/mol. The second kappa shape index (κ2) is 15.9. The number of nitrogens with zero attached hydrogens (tertiary/aromatic N) is 4. The van der Waals surface area contributed by atoms with Gasteiger partial charge in [0.1, 0.15) is 42.3 Å². The smallest absolute Gasteiger partial charge is 0.459 e. The van der Waals surface area contributed by atoms with Gasteiger partial charge in [0, 0.05) is 6.42 Å². The third-order valence-electron chi connectivity index (χ3n) is 6.43. The molecule has 2 heterocycles. The highest BCUT2D eigenvalue weighted by atomic mass is 127. The number of nitrogen functional groups attached to an aromatic ring is 1. The van der Waals surface area contributed by atoms with Crippen LogP contribution in [0.15, 0.2) is 43.0 Å². The Kier molecular flexibility index (Phi) is 12.8. The molecular formula is C27H38IN6O8P. The van der Waals surface area contributed by atoms with Crippen molar-refractivity contribution in [3.8, 4) is 5.75 Å². The van der Waals surface area contributed by atoms with Gasteiger partial charge in [-0.1, -0.05) is 47.7 Å². The van der Waals surface area contributed by atoms with E-state index in [-0.39, 0.29) is 47.8 Å². The second-order valence-corrected chi connectivity index (χ2v) is 12.7. The van der Waals surface area contributed by atoms with Crippen molar-refractivity contribution in [3.05, 3.63) is 43.0 Å². The Balaban J connectivity index is 1.86. The van der Waals surface area contributed by atoms with Crippen LogP contribution in [-0.2, 0) is 34.9 Å². The SMILES string of the molecule is CCC(C)(O)[C@@H](COP(=O)(N[C@@H](CCC(=O)CI)C(=O)OC(C)C)Oc1ccccc1)OCn1cnc2c(N)ncnc21. The summed E-state index contributed by atoms with van der Waals surface area (Å²) in [5.41, 5.74) is 5.27. The Hall–Kier alpha value is -2.69. The molecule has 0 saturated carbocycles. The van der Waals surface area contributed by atoms with Gasteiger partial charge in [0.15, 0.2) is 11.5 Å². The first-order chi connectivity index (χ1) is 20.4. The largest absolute Gasteiger partial charge is 0.462 e. The first kappa shape index (κ1) is 34.8. The number of carbonyl (C=O) groups is 2. The number of aliphatic hydroxyl groups is 1. The van der Waals surface area contributed by atoms with Gasteiger partial charge in [-0.25, -0.2) is 19.5 Å². The van der Waals surface area contributed by atoms with Crippen LogP contribution in [0.3, 0.4) is 0 Å². The number of ether oxygens (including phenoxy) is 2. The lowest BCUT2D eigenvalue weighted by molar-refractivity contribution is -0.150. The maximum atomic E-state index is 14.2. The molecule has 16 heteroatoms. The van der Waals surface area contributed by atoms with Crippen LogP contribution >= 0.6 is 30.3 Å². The molecule has 0 radical (unpaired) electrons. The summed E-state index contributed by atoms with van der Waals surface area (Å²) >= 11 is 1.94. The Morgan fingerprint density at radius 1 is 1.21 bits per heavy atom. The summed E-state index contributed by atoms with van der Waals surface area (Å²) in [5.74, 6) is -0.381. The predicted molar refractivity (Wildman–Crippen MR) is 167 cm³/mol. The van der Waals surface area contributed by atoms with E-state index < -0.39 is 44.2 Å². The lowest BCUT2D eigenvalue weighted by Gasteiger charge is -2.33. The van der Waals surface area contributed by atoms with Gasteiger partial charge in [-0.05, 0) is 45.7 Å². The first-order valence-electron chi connectivity index (χ1n) is 13.7. The average Bonchev–Trinajstić information content (AvgIpc) is 3.39. The van der Waals surface area contributed by atoms with E-state index in [1.165, 1.54) is 12.7 Å². The number of anilines is 1. The molecule has 3 aromatic rings. The number of Topliss-reactive ketones (excluding diaryl/α,β-unsaturated/α-hetero) is 1. The summed E-state index contributed by atoms with van der Waals surface area (Å²) in [6, 6.07) is 7.09. The van der Waals surface area contributed by atoms with E-state index in [1.807, 2.05) is 22.6 Å². The predicted octanol–water partition coefficient (Wildman–Crippen LogP) is 3.81. The highest BCUT2D eigenvalue weighted by Gasteiger charge is 2.39. The molecule has 2 aromatic heterocycles.